The van der Waals surface area contributed by atoms with Gasteiger partial charge in [0.2, 0.25) is 5.91 Å². The van der Waals surface area contributed by atoms with Crippen LogP contribution in [0, 0.1) is 0 Å². The Morgan fingerprint density at radius 3 is 2.04 bits per heavy atom. The molecule has 2 aromatic carbocycles. The van der Waals surface area contributed by atoms with Crippen LogP contribution in [0.3, 0.4) is 0 Å². The van der Waals surface area contributed by atoms with Gasteiger partial charge >= 0.3 is 0 Å². The molecule has 0 saturated heterocycles. The van der Waals surface area contributed by atoms with Gasteiger partial charge in [0.25, 0.3) is 0 Å². The van der Waals surface area contributed by atoms with Crippen molar-refractivity contribution in [2.75, 3.05) is 26.0 Å². The number of hydrogen-bond acceptors (Lipinski definition) is 2. The van der Waals surface area contributed by atoms with E-state index >= 15 is 0 Å². The third kappa shape index (κ3) is 6.71. The van der Waals surface area contributed by atoms with E-state index < -0.39 is 0 Å². The first-order valence-corrected chi connectivity index (χ1v) is 9.06. The van der Waals surface area contributed by atoms with Gasteiger partial charge in [-0.25, -0.2) is 0 Å². The highest BCUT2D eigenvalue weighted by Crippen LogP contribution is 2.16. The van der Waals surface area contributed by atoms with Crippen molar-refractivity contribution in [3.05, 3.63) is 65.2 Å². The third-order valence-corrected chi connectivity index (χ3v) is 4.37. The van der Waals surface area contributed by atoms with Gasteiger partial charge in [-0.15, -0.1) is 0 Å². The first-order valence-electron chi connectivity index (χ1n) is 9.06. The van der Waals surface area contributed by atoms with Crippen LogP contribution in [0.5, 0.6) is 0 Å². The van der Waals surface area contributed by atoms with E-state index in [4.69, 9.17) is 0 Å². The Hall–Kier alpha value is -2.13. The zero-order chi connectivity index (χ0) is 18.2. The standard InChI is InChI=1S/C22H30N2O/c1-17(2)20-10-5-18(6-11-20)9-14-22(25)23-21-12-7-19(8-13-21)15-16-24(3)4/h5-8,10-13,17H,9,14-16H2,1-4H3,(H,23,25). The molecule has 0 bridgehead atoms. The number of benzene rings is 2. The highest BCUT2D eigenvalue weighted by molar-refractivity contribution is 5.90. The number of aryl methyl sites for hydroxylation is 1. The monoisotopic (exact) mass is 338 g/mol. The Kier molecular flexibility index (Phi) is 7.20. The first-order chi connectivity index (χ1) is 11.9. The lowest BCUT2D eigenvalue weighted by Crippen LogP contribution is -2.15. The topological polar surface area (TPSA) is 32.3 Å². The summed E-state index contributed by atoms with van der Waals surface area (Å²) >= 11 is 0. The van der Waals surface area contributed by atoms with Crippen molar-refractivity contribution in [2.45, 2.75) is 39.0 Å². The molecular weight excluding hydrogens is 308 g/mol. The second-order valence-electron chi connectivity index (χ2n) is 7.19. The van der Waals surface area contributed by atoms with Gasteiger partial charge < -0.3 is 10.2 Å². The van der Waals surface area contributed by atoms with Crippen LogP contribution in [0.2, 0.25) is 0 Å². The summed E-state index contributed by atoms with van der Waals surface area (Å²) in [5.74, 6) is 0.604. The van der Waals surface area contributed by atoms with Crippen LogP contribution in [-0.2, 0) is 17.6 Å². The van der Waals surface area contributed by atoms with Crippen molar-refractivity contribution in [3.63, 3.8) is 0 Å². The molecule has 2 rings (SSSR count). The third-order valence-electron chi connectivity index (χ3n) is 4.37. The number of rotatable bonds is 8. The minimum Gasteiger partial charge on any atom is -0.326 e. The number of amides is 1. The van der Waals surface area contributed by atoms with Crippen LogP contribution in [0.4, 0.5) is 5.69 Å². The zero-order valence-electron chi connectivity index (χ0n) is 15.9. The van der Waals surface area contributed by atoms with Gasteiger partial charge in [0.15, 0.2) is 0 Å². The molecule has 0 fully saturated rings. The van der Waals surface area contributed by atoms with Gasteiger partial charge in [-0.3, -0.25) is 4.79 Å². The second-order valence-corrected chi connectivity index (χ2v) is 7.19. The summed E-state index contributed by atoms with van der Waals surface area (Å²) in [6, 6.07) is 16.7. The Bertz CT molecular complexity index is 657. The summed E-state index contributed by atoms with van der Waals surface area (Å²) in [7, 11) is 4.15. The lowest BCUT2D eigenvalue weighted by Gasteiger charge is -2.10. The Morgan fingerprint density at radius 1 is 0.920 bits per heavy atom. The van der Waals surface area contributed by atoms with Crippen molar-refractivity contribution in [2.24, 2.45) is 0 Å². The molecule has 25 heavy (non-hydrogen) atoms. The molecule has 0 aromatic heterocycles. The number of carbonyl (C=O) groups is 1. The van der Waals surface area contributed by atoms with Crippen LogP contribution in [0.25, 0.3) is 0 Å². The van der Waals surface area contributed by atoms with Crippen LogP contribution in [0.15, 0.2) is 48.5 Å². The Morgan fingerprint density at radius 2 is 1.48 bits per heavy atom. The molecular formula is C22H30N2O. The molecule has 0 aliphatic heterocycles. The highest BCUT2D eigenvalue weighted by atomic mass is 16.1. The maximum absolute atomic E-state index is 12.1. The molecule has 2 aromatic rings. The minimum atomic E-state index is 0.0639. The van der Waals surface area contributed by atoms with E-state index in [0.29, 0.717) is 12.3 Å². The van der Waals surface area contributed by atoms with Crippen LogP contribution >= 0.6 is 0 Å². The maximum Gasteiger partial charge on any atom is 0.224 e. The number of nitrogens with zero attached hydrogens (tertiary/aromatic N) is 1. The van der Waals surface area contributed by atoms with Gasteiger partial charge in [0, 0.05) is 18.7 Å². The number of carbonyl (C=O) groups excluding carboxylic acids is 1. The van der Waals surface area contributed by atoms with Crippen molar-refractivity contribution in [1.82, 2.24) is 4.90 Å². The van der Waals surface area contributed by atoms with Crippen molar-refractivity contribution in [3.8, 4) is 0 Å². The normalized spacial score (nSPS) is 11.1. The van der Waals surface area contributed by atoms with Crippen molar-refractivity contribution < 1.29 is 4.79 Å². The predicted molar refractivity (Wildman–Crippen MR) is 106 cm³/mol. The van der Waals surface area contributed by atoms with Crippen molar-refractivity contribution in [1.29, 1.82) is 0 Å². The van der Waals surface area contributed by atoms with E-state index in [9.17, 15) is 4.79 Å². The molecule has 0 unspecified atom stereocenters. The van der Waals surface area contributed by atoms with E-state index in [-0.39, 0.29) is 5.91 Å². The molecule has 0 radical (unpaired) electrons. The molecule has 1 N–H and O–H groups in total. The largest absolute Gasteiger partial charge is 0.326 e. The molecule has 0 heterocycles. The molecule has 0 spiro atoms. The van der Waals surface area contributed by atoms with Crippen molar-refractivity contribution >= 4 is 11.6 Å². The van der Waals surface area contributed by atoms with Gasteiger partial charge in [-0.1, -0.05) is 50.2 Å². The van der Waals surface area contributed by atoms with E-state index in [0.717, 1.165) is 25.1 Å². The lowest BCUT2D eigenvalue weighted by atomic mass is 10.0. The fourth-order valence-electron chi connectivity index (χ4n) is 2.66. The van der Waals surface area contributed by atoms with Crippen LogP contribution in [0.1, 0.15) is 42.9 Å². The van der Waals surface area contributed by atoms with E-state index in [1.54, 1.807) is 0 Å². The summed E-state index contributed by atoms with van der Waals surface area (Å²) < 4.78 is 0. The number of anilines is 1. The molecule has 3 heteroatoms. The van der Waals surface area contributed by atoms with Gasteiger partial charge in [-0.05, 0) is 61.7 Å². The van der Waals surface area contributed by atoms with E-state index in [2.05, 4.69) is 74.6 Å². The van der Waals surface area contributed by atoms with Gasteiger partial charge in [0.05, 0.1) is 0 Å². The fraction of sp³-hybridized carbons (Fsp3) is 0.409. The van der Waals surface area contributed by atoms with Gasteiger partial charge in [0.1, 0.15) is 0 Å². The Balaban J connectivity index is 1.79. The molecule has 3 nitrogen and oxygen atoms in total. The molecule has 0 aliphatic rings. The molecule has 0 atom stereocenters. The summed E-state index contributed by atoms with van der Waals surface area (Å²) in [4.78, 5) is 14.3. The van der Waals surface area contributed by atoms with E-state index in [1.165, 1.54) is 16.7 Å². The zero-order valence-corrected chi connectivity index (χ0v) is 15.9. The van der Waals surface area contributed by atoms with Crippen LogP contribution in [-0.4, -0.2) is 31.4 Å². The summed E-state index contributed by atoms with van der Waals surface area (Å²) in [6.45, 7) is 5.41. The minimum absolute atomic E-state index is 0.0639. The smallest absolute Gasteiger partial charge is 0.224 e. The van der Waals surface area contributed by atoms with Crippen LogP contribution < -0.4 is 5.32 Å². The summed E-state index contributed by atoms with van der Waals surface area (Å²) in [6.07, 6.45) is 2.29. The molecule has 1 amide bonds. The number of nitrogens with one attached hydrogen (secondary N) is 1. The average Bonchev–Trinajstić information content (AvgIpc) is 2.59. The molecule has 134 valence electrons. The van der Waals surface area contributed by atoms with Gasteiger partial charge in [-0.2, -0.15) is 0 Å². The SMILES string of the molecule is CC(C)c1ccc(CCC(=O)Nc2ccc(CCN(C)C)cc2)cc1. The lowest BCUT2D eigenvalue weighted by molar-refractivity contribution is -0.116. The molecule has 0 aliphatic carbocycles. The maximum atomic E-state index is 12.1. The highest BCUT2D eigenvalue weighted by Gasteiger charge is 2.05. The van der Waals surface area contributed by atoms with E-state index in [1.807, 2.05) is 12.1 Å². The fourth-order valence-corrected chi connectivity index (χ4v) is 2.66. The predicted octanol–water partition coefficient (Wildman–Crippen LogP) is 4.49. The number of likely N-dealkylation sites (N-methyl/N-ethyl adjacent to an activating group) is 1. The average molecular weight is 338 g/mol. The first kappa shape index (κ1) is 19.2. The Labute approximate surface area is 152 Å². The second kappa shape index (κ2) is 9.38. The quantitative estimate of drug-likeness (QED) is 0.769. The molecule has 0 saturated carbocycles. The number of hydrogen-bond donors (Lipinski definition) is 1. The summed E-state index contributed by atoms with van der Waals surface area (Å²) in [5.41, 5.74) is 4.70. The summed E-state index contributed by atoms with van der Waals surface area (Å²) in [5, 5.41) is 2.98.